The average molecular weight is 398 g/mol. The van der Waals surface area contributed by atoms with Crippen molar-refractivity contribution in [3.63, 3.8) is 0 Å². The summed E-state index contributed by atoms with van der Waals surface area (Å²) in [6.07, 6.45) is 3.04. The highest BCUT2D eigenvalue weighted by Crippen LogP contribution is 2.40. The Bertz CT molecular complexity index is 717. The number of benzene rings is 1. The largest absolute Gasteiger partial charge is 0.484 e. The summed E-state index contributed by atoms with van der Waals surface area (Å²) in [6, 6.07) is 1.62. The quantitative estimate of drug-likeness (QED) is 0.358. The molecule has 0 N–H and O–H groups in total. The van der Waals surface area contributed by atoms with E-state index in [0.717, 1.165) is 56.6 Å². The maximum atomic E-state index is 13.8. The molecule has 0 aromatic heterocycles. The average Bonchev–Trinajstić information content (AvgIpc) is 2.67. The number of hydrogen-bond acceptors (Lipinski definition) is 5. The van der Waals surface area contributed by atoms with Crippen LogP contribution in [-0.2, 0) is 4.84 Å². The van der Waals surface area contributed by atoms with Crippen LogP contribution in [0.15, 0.2) is 29.7 Å². The molecule has 1 saturated carbocycles. The minimum Gasteiger partial charge on any atom is -0.484 e. The van der Waals surface area contributed by atoms with Gasteiger partial charge in [0.15, 0.2) is 22.7 Å². The Morgan fingerprint density at radius 1 is 1.25 bits per heavy atom. The van der Waals surface area contributed by atoms with Gasteiger partial charge in [-0.3, -0.25) is 0 Å². The van der Waals surface area contributed by atoms with Crippen molar-refractivity contribution >= 4 is 0 Å². The Labute approximate surface area is 162 Å². The summed E-state index contributed by atoms with van der Waals surface area (Å²) in [5.74, 6) is -3.10. The Morgan fingerprint density at radius 3 is 2.54 bits per heavy atom. The van der Waals surface area contributed by atoms with Gasteiger partial charge in [-0.15, -0.1) is 4.91 Å². The van der Waals surface area contributed by atoms with Gasteiger partial charge in [-0.1, -0.05) is 6.58 Å². The van der Waals surface area contributed by atoms with E-state index in [4.69, 9.17) is 4.74 Å². The van der Waals surface area contributed by atoms with E-state index in [-0.39, 0.29) is 5.92 Å². The second-order valence-corrected chi connectivity index (χ2v) is 7.72. The molecule has 3 rings (SSSR count). The molecule has 1 aliphatic carbocycles. The van der Waals surface area contributed by atoms with Gasteiger partial charge in [0.1, 0.15) is 6.61 Å². The van der Waals surface area contributed by atoms with Crippen LogP contribution >= 0.6 is 0 Å². The van der Waals surface area contributed by atoms with Gasteiger partial charge < -0.3 is 14.5 Å². The van der Waals surface area contributed by atoms with Gasteiger partial charge in [0, 0.05) is 18.8 Å². The van der Waals surface area contributed by atoms with Gasteiger partial charge in [-0.25, -0.2) is 8.78 Å². The molecular weight excluding hydrogens is 373 g/mol. The normalized spacial score (nSPS) is 23.6. The number of nitrogens with zero attached hydrogens (tertiary/aromatic N) is 2. The minimum atomic E-state index is -1.29. The van der Waals surface area contributed by atoms with E-state index < -0.39 is 29.3 Å². The maximum absolute atomic E-state index is 13.8. The Hall–Kier alpha value is -2.25. The molecule has 8 heteroatoms. The third-order valence-electron chi connectivity index (χ3n) is 5.99. The van der Waals surface area contributed by atoms with Gasteiger partial charge in [0.05, 0.1) is 6.10 Å². The smallest absolute Gasteiger partial charge is 0.203 e. The van der Waals surface area contributed by atoms with Crippen molar-refractivity contribution in [3.8, 4) is 5.75 Å². The van der Waals surface area contributed by atoms with Crippen LogP contribution in [0.1, 0.15) is 32.6 Å². The van der Waals surface area contributed by atoms with Crippen molar-refractivity contribution in [1.29, 1.82) is 0 Å². The molecule has 1 aromatic carbocycles. The molecule has 1 aromatic rings. The second-order valence-electron chi connectivity index (χ2n) is 7.72. The standard InChI is InChI=1S/C20H25F3N2O3/c1-12(16-9-14(10-16)11-27-24-26)25-7-5-15(6-8-25)13(2)28-20-18(22)4-3-17(21)19(20)23/h3-4,13-16H,1,5-11H2,2H3. The Morgan fingerprint density at radius 2 is 1.89 bits per heavy atom. The van der Waals surface area contributed by atoms with E-state index in [2.05, 4.69) is 21.7 Å². The van der Waals surface area contributed by atoms with Crippen LogP contribution in [0.3, 0.4) is 0 Å². The van der Waals surface area contributed by atoms with Crippen LogP contribution in [-0.4, -0.2) is 30.7 Å². The van der Waals surface area contributed by atoms with Crippen molar-refractivity contribution in [2.24, 2.45) is 23.1 Å². The summed E-state index contributed by atoms with van der Waals surface area (Å²) in [5, 5.41) is 2.43. The van der Waals surface area contributed by atoms with Crippen molar-refractivity contribution in [2.45, 2.75) is 38.7 Å². The highest BCUT2D eigenvalue weighted by Gasteiger charge is 2.35. The fourth-order valence-corrected chi connectivity index (χ4v) is 4.09. The van der Waals surface area contributed by atoms with E-state index in [1.54, 1.807) is 6.92 Å². The molecule has 2 aliphatic rings. The minimum absolute atomic E-state index is 0.118. The predicted molar refractivity (Wildman–Crippen MR) is 97.8 cm³/mol. The van der Waals surface area contributed by atoms with Crippen molar-refractivity contribution < 1.29 is 22.7 Å². The molecule has 28 heavy (non-hydrogen) atoms. The summed E-state index contributed by atoms with van der Waals surface area (Å²) in [6.45, 7) is 7.91. The zero-order valence-electron chi connectivity index (χ0n) is 15.9. The number of likely N-dealkylation sites (tertiary alicyclic amines) is 1. The van der Waals surface area contributed by atoms with E-state index in [1.807, 2.05) is 0 Å². The van der Waals surface area contributed by atoms with Gasteiger partial charge >= 0.3 is 0 Å². The molecule has 1 aliphatic heterocycles. The van der Waals surface area contributed by atoms with Crippen LogP contribution in [0.5, 0.6) is 5.75 Å². The van der Waals surface area contributed by atoms with Gasteiger partial charge in [-0.05, 0) is 62.5 Å². The zero-order chi connectivity index (χ0) is 20.3. The summed E-state index contributed by atoms with van der Waals surface area (Å²) in [5.41, 5.74) is 1.09. The summed E-state index contributed by atoms with van der Waals surface area (Å²) >= 11 is 0. The zero-order valence-corrected chi connectivity index (χ0v) is 15.9. The van der Waals surface area contributed by atoms with E-state index in [1.165, 1.54) is 0 Å². The molecule has 1 heterocycles. The number of halogens is 3. The maximum Gasteiger partial charge on any atom is 0.203 e. The molecule has 5 nitrogen and oxygen atoms in total. The molecule has 0 spiro atoms. The highest BCUT2D eigenvalue weighted by molar-refractivity contribution is 5.27. The SMILES string of the molecule is C=C(C1CC(CON=O)C1)N1CCC(C(C)Oc2c(F)ccc(F)c2F)CC1. The monoisotopic (exact) mass is 398 g/mol. The van der Waals surface area contributed by atoms with E-state index in [9.17, 15) is 18.1 Å². The molecule has 0 bridgehead atoms. The van der Waals surface area contributed by atoms with Gasteiger partial charge in [-0.2, -0.15) is 4.39 Å². The van der Waals surface area contributed by atoms with E-state index >= 15 is 0 Å². The van der Waals surface area contributed by atoms with Crippen molar-refractivity contribution in [2.75, 3.05) is 19.7 Å². The lowest BCUT2D eigenvalue weighted by Crippen LogP contribution is -2.42. The first-order valence-electron chi connectivity index (χ1n) is 9.59. The Kier molecular flexibility index (Phi) is 6.46. The summed E-state index contributed by atoms with van der Waals surface area (Å²) in [4.78, 5) is 16.8. The lowest BCUT2D eigenvalue weighted by atomic mass is 9.73. The molecule has 0 amide bonds. The van der Waals surface area contributed by atoms with Crippen molar-refractivity contribution in [1.82, 2.24) is 4.90 Å². The van der Waals surface area contributed by atoms with Crippen LogP contribution < -0.4 is 4.74 Å². The number of rotatable bonds is 8. The number of allylic oxidation sites excluding steroid dienone is 1. The third kappa shape index (κ3) is 4.42. The molecular formula is C20H25F3N2O3. The van der Waals surface area contributed by atoms with Crippen LogP contribution in [0.4, 0.5) is 13.2 Å². The second kappa shape index (κ2) is 8.84. The number of piperidine rings is 1. The molecule has 2 fully saturated rings. The molecule has 1 saturated heterocycles. The molecule has 1 unspecified atom stereocenters. The van der Waals surface area contributed by atoms with Crippen LogP contribution in [0, 0.1) is 40.1 Å². The van der Waals surface area contributed by atoms with E-state index in [0.29, 0.717) is 18.4 Å². The van der Waals surface area contributed by atoms with Crippen LogP contribution in [0.2, 0.25) is 0 Å². The number of ether oxygens (including phenoxy) is 1. The first-order chi connectivity index (χ1) is 13.4. The summed E-state index contributed by atoms with van der Waals surface area (Å²) < 4.78 is 46.4. The van der Waals surface area contributed by atoms with Gasteiger partial charge in [0.2, 0.25) is 5.82 Å². The molecule has 154 valence electrons. The fourth-order valence-electron chi connectivity index (χ4n) is 4.09. The van der Waals surface area contributed by atoms with Crippen LogP contribution in [0.25, 0.3) is 0 Å². The third-order valence-corrected chi connectivity index (χ3v) is 5.99. The molecule has 0 radical (unpaired) electrons. The highest BCUT2D eigenvalue weighted by atomic mass is 19.2. The lowest BCUT2D eigenvalue weighted by Gasteiger charge is -2.43. The fraction of sp³-hybridized carbons (Fsp3) is 0.600. The first kappa shape index (κ1) is 20.5. The number of hydrogen-bond donors (Lipinski definition) is 0. The lowest BCUT2D eigenvalue weighted by molar-refractivity contribution is 0.0399. The van der Waals surface area contributed by atoms with Crippen molar-refractivity contribution in [3.05, 3.63) is 46.8 Å². The predicted octanol–water partition coefficient (Wildman–Crippen LogP) is 4.82. The first-order valence-corrected chi connectivity index (χ1v) is 9.59. The summed E-state index contributed by atoms with van der Waals surface area (Å²) in [7, 11) is 0. The topological polar surface area (TPSA) is 51.1 Å². The molecule has 1 atom stereocenters. The van der Waals surface area contributed by atoms with Gasteiger partial charge in [0.25, 0.3) is 0 Å². The Balaban J connectivity index is 1.47.